The van der Waals surface area contributed by atoms with Gasteiger partial charge in [-0.2, -0.15) is 5.10 Å². The maximum atomic E-state index is 6.59. The molecule has 1 atom stereocenters. The standard InChI is InChI=1S/C16H28BrN3O/c1-5-20-13(15(17)12(3)19-20)10-14(18)16(21-4)8-6-11(2)7-9-16/h11,14H,5-10,18H2,1-4H3. The highest BCUT2D eigenvalue weighted by Gasteiger charge is 2.40. The number of hydrogen-bond donors (Lipinski definition) is 1. The van der Waals surface area contributed by atoms with E-state index in [-0.39, 0.29) is 11.6 Å². The van der Waals surface area contributed by atoms with Crippen LogP contribution in [0.25, 0.3) is 0 Å². The van der Waals surface area contributed by atoms with Crippen molar-refractivity contribution in [2.45, 2.75) is 71.1 Å². The van der Waals surface area contributed by atoms with E-state index >= 15 is 0 Å². The van der Waals surface area contributed by atoms with E-state index in [4.69, 9.17) is 10.5 Å². The van der Waals surface area contributed by atoms with Gasteiger partial charge in [-0.05, 0) is 61.4 Å². The molecule has 0 spiro atoms. The lowest BCUT2D eigenvalue weighted by Gasteiger charge is -2.42. The van der Waals surface area contributed by atoms with E-state index in [1.165, 1.54) is 18.5 Å². The van der Waals surface area contributed by atoms with Crippen molar-refractivity contribution < 1.29 is 4.74 Å². The predicted molar refractivity (Wildman–Crippen MR) is 89.4 cm³/mol. The molecule has 120 valence electrons. The maximum Gasteiger partial charge on any atom is 0.0832 e. The van der Waals surface area contributed by atoms with Gasteiger partial charge in [-0.1, -0.05) is 6.92 Å². The third kappa shape index (κ3) is 3.35. The largest absolute Gasteiger partial charge is 0.377 e. The molecule has 4 nitrogen and oxygen atoms in total. The second kappa shape index (κ2) is 6.80. The van der Waals surface area contributed by atoms with Crippen LogP contribution in [0, 0.1) is 12.8 Å². The first-order valence-corrected chi connectivity index (χ1v) is 8.75. The highest BCUT2D eigenvalue weighted by Crippen LogP contribution is 2.37. The molecule has 1 saturated carbocycles. The summed E-state index contributed by atoms with van der Waals surface area (Å²) in [5.41, 5.74) is 8.63. The molecule has 1 heterocycles. The van der Waals surface area contributed by atoms with Gasteiger partial charge in [0.1, 0.15) is 0 Å². The number of aromatic nitrogens is 2. The minimum Gasteiger partial charge on any atom is -0.377 e. The second-order valence-corrected chi connectivity index (χ2v) is 7.22. The Hall–Kier alpha value is -0.390. The molecule has 2 rings (SSSR count). The zero-order valence-electron chi connectivity index (χ0n) is 13.7. The third-order valence-corrected chi connectivity index (χ3v) is 6.10. The van der Waals surface area contributed by atoms with E-state index < -0.39 is 0 Å². The van der Waals surface area contributed by atoms with Crippen LogP contribution in [0.3, 0.4) is 0 Å². The van der Waals surface area contributed by atoms with Crippen LogP contribution < -0.4 is 5.73 Å². The number of ether oxygens (including phenoxy) is 1. The van der Waals surface area contributed by atoms with Crippen molar-refractivity contribution in [1.29, 1.82) is 0 Å². The molecule has 21 heavy (non-hydrogen) atoms. The van der Waals surface area contributed by atoms with E-state index in [2.05, 4.69) is 34.9 Å². The van der Waals surface area contributed by atoms with Gasteiger partial charge in [0, 0.05) is 26.1 Å². The van der Waals surface area contributed by atoms with Crippen molar-refractivity contribution >= 4 is 15.9 Å². The van der Waals surface area contributed by atoms with Crippen molar-refractivity contribution in [3.05, 3.63) is 15.9 Å². The van der Waals surface area contributed by atoms with Crippen molar-refractivity contribution in [2.24, 2.45) is 11.7 Å². The molecule has 1 aromatic heterocycles. The van der Waals surface area contributed by atoms with Gasteiger partial charge >= 0.3 is 0 Å². The Kier molecular flexibility index (Phi) is 5.49. The third-order valence-electron chi connectivity index (χ3n) is 5.07. The topological polar surface area (TPSA) is 53.1 Å². The van der Waals surface area contributed by atoms with Crippen molar-refractivity contribution in [3.8, 4) is 0 Å². The molecule has 1 fully saturated rings. The molecular formula is C16H28BrN3O. The van der Waals surface area contributed by atoms with E-state index in [1.807, 2.05) is 18.7 Å². The smallest absolute Gasteiger partial charge is 0.0832 e. The number of nitrogens with two attached hydrogens (primary N) is 1. The van der Waals surface area contributed by atoms with E-state index in [0.717, 1.165) is 41.9 Å². The molecule has 0 saturated heterocycles. The summed E-state index contributed by atoms with van der Waals surface area (Å²) in [5, 5.41) is 4.56. The lowest BCUT2D eigenvalue weighted by molar-refractivity contribution is -0.0662. The molecule has 0 amide bonds. The summed E-state index contributed by atoms with van der Waals surface area (Å²) < 4.78 is 9.05. The van der Waals surface area contributed by atoms with E-state index in [1.54, 1.807) is 0 Å². The Bertz CT molecular complexity index is 478. The molecule has 1 aliphatic rings. The van der Waals surface area contributed by atoms with Crippen LogP contribution in [-0.4, -0.2) is 28.5 Å². The van der Waals surface area contributed by atoms with Crippen LogP contribution in [0.4, 0.5) is 0 Å². The zero-order valence-corrected chi connectivity index (χ0v) is 15.2. The molecule has 0 radical (unpaired) electrons. The van der Waals surface area contributed by atoms with Crippen LogP contribution in [0.15, 0.2) is 4.47 Å². The molecule has 5 heteroatoms. The quantitative estimate of drug-likeness (QED) is 0.877. The van der Waals surface area contributed by atoms with E-state index in [0.29, 0.717) is 0 Å². The van der Waals surface area contributed by atoms with Crippen molar-refractivity contribution in [1.82, 2.24) is 9.78 Å². The molecule has 0 aromatic carbocycles. The van der Waals surface area contributed by atoms with Gasteiger partial charge < -0.3 is 10.5 Å². The Morgan fingerprint density at radius 1 is 1.48 bits per heavy atom. The Morgan fingerprint density at radius 2 is 2.10 bits per heavy atom. The van der Waals surface area contributed by atoms with Gasteiger partial charge in [-0.25, -0.2) is 0 Å². The van der Waals surface area contributed by atoms with Gasteiger partial charge in [0.25, 0.3) is 0 Å². The maximum absolute atomic E-state index is 6.59. The van der Waals surface area contributed by atoms with Gasteiger partial charge in [-0.3, -0.25) is 4.68 Å². The summed E-state index contributed by atoms with van der Waals surface area (Å²) in [4.78, 5) is 0. The zero-order chi connectivity index (χ0) is 15.6. The second-order valence-electron chi connectivity index (χ2n) is 6.42. The number of rotatable bonds is 5. The van der Waals surface area contributed by atoms with Crippen molar-refractivity contribution in [2.75, 3.05) is 7.11 Å². The first kappa shape index (κ1) is 17.0. The fraction of sp³-hybridized carbons (Fsp3) is 0.812. The Labute approximate surface area is 136 Å². The highest BCUT2D eigenvalue weighted by molar-refractivity contribution is 9.10. The number of nitrogens with zero attached hydrogens (tertiary/aromatic N) is 2. The number of methoxy groups -OCH3 is 1. The summed E-state index contributed by atoms with van der Waals surface area (Å²) >= 11 is 3.66. The predicted octanol–water partition coefficient (Wildman–Crippen LogP) is 3.44. The van der Waals surface area contributed by atoms with Crippen molar-refractivity contribution in [3.63, 3.8) is 0 Å². The molecular weight excluding hydrogens is 330 g/mol. The first-order valence-electron chi connectivity index (χ1n) is 7.96. The summed E-state index contributed by atoms with van der Waals surface area (Å²) in [5.74, 6) is 0.788. The summed E-state index contributed by atoms with van der Waals surface area (Å²) in [6, 6.07) is 0.00713. The SMILES string of the molecule is CCn1nc(C)c(Br)c1CC(N)C1(OC)CCC(C)CC1. The summed E-state index contributed by atoms with van der Waals surface area (Å²) in [6.07, 6.45) is 5.33. The van der Waals surface area contributed by atoms with Crippen LogP contribution in [0.2, 0.25) is 0 Å². The normalized spacial score (nSPS) is 27.8. The minimum atomic E-state index is -0.178. The highest BCUT2D eigenvalue weighted by atomic mass is 79.9. The lowest BCUT2D eigenvalue weighted by Crippen LogP contribution is -2.52. The summed E-state index contributed by atoms with van der Waals surface area (Å²) in [7, 11) is 1.81. The van der Waals surface area contributed by atoms with Crippen LogP contribution in [0.5, 0.6) is 0 Å². The Balaban J connectivity index is 2.18. The van der Waals surface area contributed by atoms with Crippen LogP contribution >= 0.6 is 15.9 Å². The molecule has 0 aliphatic heterocycles. The average Bonchev–Trinajstić information content (AvgIpc) is 2.76. The van der Waals surface area contributed by atoms with Crippen LogP contribution in [0.1, 0.15) is 50.9 Å². The molecule has 1 aromatic rings. The average molecular weight is 358 g/mol. The lowest BCUT2D eigenvalue weighted by atomic mass is 9.74. The number of aryl methyl sites for hydroxylation is 2. The molecule has 2 N–H and O–H groups in total. The van der Waals surface area contributed by atoms with E-state index in [9.17, 15) is 0 Å². The molecule has 1 aliphatic carbocycles. The van der Waals surface area contributed by atoms with Gasteiger partial charge in [0.15, 0.2) is 0 Å². The van der Waals surface area contributed by atoms with Gasteiger partial charge in [-0.15, -0.1) is 0 Å². The van der Waals surface area contributed by atoms with Gasteiger partial charge in [0.2, 0.25) is 0 Å². The monoisotopic (exact) mass is 357 g/mol. The first-order chi connectivity index (χ1) is 9.93. The van der Waals surface area contributed by atoms with Gasteiger partial charge in [0.05, 0.1) is 21.5 Å². The number of hydrogen-bond acceptors (Lipinski definition) is 3. The summed E-state index contributed by atoms with van der Waals surface area (Å²) in [6.45, 7) is 7.32. The fourth-order valence-corrected chi connectivity index (χ4v) is 3.88. The number of halogens is 1. The minimum absolute atomic E-state index is 0.00713. The molecule has 1 unspecified atom stereocenters. The van der Waals surface area contributed by atoms with Crippen LogP contribution in [-0.2, 0) is 17.7 Å². The Morgan fingerprint density at radius 3 is 2.62 bits per heavy atom. The fourth-order valence-electron chi connectivity index (χ4n) is 3.44. The molecule has 0 bridgehead atoms.